The van der Waals surface area contributed by atoms with E-state index in [9.17, 15) is 28.8 Å². The summed E-state index contributed by atoms with van der Waals surface area (Å²) in [5, 5.41) is 0. The van der Waals surface area contributed by atoms with E-state index in [1.807, 2.05) is 0 Å². The molecule has 38 heavy (non-hydrogen) atoms. The molecule has 2 aromatic heterocycles. The number of nitrogens with zero attached hydrogens (tertiary/aromatic N) is 6. The highest BCUT2D eigenvalue weighted by atomic mass is 16.6. The Bertz CT molecular complexity index is 1420. The second-order valence-corrected chi connectivity index (χ2v) is 8.42. The molecule has 2 unspecified atom stereocenters. The fraction of sp³-hybridized carbons (Fsp3) is 0.417. The molecule has 0 amide bonds. The van der Waals surface area contributed by atoms with Gasteiger partial charge in [0.05, 0.1) is 64.7 Å². The minimum Gasteiger partial charge on any atom is -0.371 e. The Morgan fingerprint density at radius 2 is 0.711 bits per heavy atom. The van der Waals surface area contributed by atoms with Crippen LogP contribution in [-0.4, -0.2) is 52.8 Å². The van der Waals surface area contributed by atoms with Gasteiger partial charge in [0.15, 0.2) is 0 Å². The fourth-order valence-electron chi connectivity index (χ4n) is 3.57. The molecule has 0 saturated carbocycles. The summed E-state index contributed by atoms with van der Waals surface area (Å²) < 4.78 is 16.0. The average Bonchev–Trinajstić information content (AvgIpc) is 3.82. The Morgan fingerprint density at radius 3 is 0.921 bits per heavy atom. The summed E-state index contributed by atoms with van der Waals surface area (Å²) in [5.41, 5.74) is -3.83. The van der Waals surface area contributed by atoms with Gasteiger partial charge in [0, 0.05) is 0 Å². The van der Waals surface area contributed by atoms with Crippen molar-refractivity contribution in [2.75, 3.05) is 13.2 Å². The molecule has 4 heterocycles. The highest BCUT2D eigenvalue weighted by Gasteiger charge is 2.29. The zero-order chi connectivity index (χ0) is 28.0. The van der Waals surface area contributed by atoms with Crippen LogP contribution in [0.2, 0.25) is 0 Å². The first-order chi connectivity index (χ1) is 18.2. The normalized spacial score (nSPS) is 17.2. The van der Waals surface area contributed by atoms with Crippen LogP contribution in [0.1, 0.15) is 0 Å². The van der Waals surface area contributed by atoms with Crippen molar-refractivity contribution in [1.29, 1.82) is 0 Å². The molecule has 2 saturated heterocycles. The monoisotopic (exact) mass is 530 g/mol. The molecule has 204 valence electrons. The van der Waals surface area contributed by atoms with E-state index in [0.717, 1.165) is 27.4 Å². The lowest BCUT2D eigenvalue weighted by Crippen LogP contribution is -2.55. The molecule has 0 spiro atoms. The lowest BCUT2D eigenvalue weighted by Gasteiger charge is -2.11. The Morgan fingerprint density at radius 1 is 0.500 bits per heavy atom. The number of hydrogen-bond donors (Lipinski definition) is 0. The van der Waals surface area contributed by atoms with Crippen LogP contribution in [0.25, 0.3) is 0 Å². The molecule has 14 nitrogen and oxygen atoms in total. The summed E-state index contributed by atoms with van der Waals surface area (Å²) in [6, 6.07) is 0. The third-order valence-electron chi connectivity index (χ3n) is 5.59. The van der Waals surface area contributed by atoms with Gasteiger partial charge in [0.1, 0.15) is 0 Å². The van der Waals surface area contributed by atoms with Crippen LogP contribution in [0.4, 0.5) is 0 Å². The van der Waals surface area contributed by atoms with Crippen LogP contribution < -0.4 is 34.1 Å². The molecular formula is C24H30N6O8. The maximum absolute atomic E-state index is 12.3. The van der Waals surface area contributed by atoms with Crippen LogP contribution in [0.5, 0.6) is 0 Å². The lowest BCUT2D eigenvalue weighted by molar-refractivity contribution is 0.343. The zero-order valence-electron chi connectivity index (χ0n) is 20.9. The molecule has 2 aliphatic rings. The first kappa shape index (κ1) is 28.3. The molecule has 2 aliphatic heterocycles. The van der Waals surface area contributed by atoms with Gasteiger partial charge in [-0.3, -0.25) is 0 Å². The molecule has 4 rings (SSSR count). The largest absolute Gasteiger partial charge is 0.371 e. The van der Waals surface area contributed by atoms with Crippen LogP contribution in [-0.2, 0) is 48.7 Å². The van der Waals surface area contributed by atoms with E-state index in [1.54, 1.807) is 0 Å². The number of epoxide rings is 2. The van der Waals surface area contributed by atoms with Gasteiger partial charge >= 0.3 is 34.1 Å². The number of aromatic nitrogens is 6. The van der Waals surface area contributed by atoms with E-state index in [-0.39, 0.29) is 51.5 Å². The van der Waals surface area contributed by atoms with Gasteiger partial charge in [0.2, 0.25) is 0 Å². The molecule has 2 fully saturated rings. The van der Waals surface area contributed by atoms with Gasteiger partial charge in [-0.15, -0.1) is 26.3 Å². The molecule has 0 aliphatic carbocycles. The van der Waals surface area contributed by atoms with Crippen molar-refractivity contribution in [3.8, 4) is 0 Å². The van der Waals surface area contributed by atoms with Crippen LogP contribution >= 0.6 is 0 Å². The molecule has 2 atom stereocenters. The summed E-state index contributed by atoms with van der Waals surface area (Å²) in [6.07, 6.45) is 5.46. The van der Waals surface area contributed by atoms with Crippen molar-refractivity contribution in [3.05, 3.63) is 114 Å². The van der Waals surface area contributed by atoms with Gasteiger partial charge in [-0.2, -0.15) is 0 Å². The Kier molecular flexibility index (Phi) is 9.15. The Balaban J connectivity index is 0.000000212. The summed E-state index contributed by atoms with van der Waals surface area (Å²) in [7, 11) is 0. The van der Waals surface area contributed by atoms with Gasteiger partial charge in [-0.05, 0) is 0 Å². The van der Waals surface area contributed by atoms with E-state index in [2.05, 4.69) is 26.3 Å². The molecule has 0 bridgehead atoms. The first-order valence-electron chi connectivity index (χ1n) is 11.8. The summed E-state index contributed by atoms with van der Waals surface area (Å²) in [5.74, 6) is 0. The minimum atomic E-state index is -0.662. The van der Waals surface area contributed by atoms with E-state index >= 15 is 0 Å². The molecule has 0 N–H and O–H groups in total. The van der Waals surface area contributed by atoms with Crippen molar-refractivity contribution in [2.45, 2.75) is 51.5 Å². The Labute approximate surface area is 215 Å². The predicted molar refractivity (Wildman–Crippen MR) is 139 cm³/mol. The van der Waals surface area contributed by atoms with Gasteiger partial charge < -0.3 is 9.47 Å². The fourth-order valence-corrected chi connectivity index (χ4v) is 3.57. The smallest absolute Gasteiger partial charge is 0.336 e. The topological polar surface area (TPSA) is 157 Å². The van der Waals surface area contributed by atoms with Crippen molar-refractivity contribution in [2.24, 2.45) is 0 Å². The lowest BCUT2D eigenvalue weighted by atomic mass is 10.4. The summed E-state index contributed by atoms with van der Waals surface area (Å²) in [4.78, 5) is 72.5. The molecular weight excluding hydrogens is 500 g/mol. The van der Waals surface area contributed by atoms with Crippen molar-refractivity contribution >= 4 is 0 Å². The standard InChI is InChI=1S/C12H15N3O5.C12H15N3O3/c1-2-3-13-10(16)14(4-8-6-19-8)12(18)15(11(13)17)5-9-7-20-9;1-4-7-13-10(16)14(8-5-2)12(18)15(9-6-3)11(13)17/h2,8-9H,1,3-7H2;4-6H,1-3,7-9H2. The van der Waals surface area contributed by atoms with E-state index in [1.165, 1.54) is 24.3 Å². The molecule has 0 aromatic carbocycles. The van der Waals surface area contributed by atoms with Crippen LogP contribution in [0.3, 0.4) is 0 Å². The highest BCUT2D eigenvalue weighted by Crippen LogP contribution is 2.10. The van der Waals surface area contributed by atoms with Crippen molar-refractivity contribution in [1.82, 2.24) is 27.4 Å². The second kappa shape index (κ2) is 12.3. The maximum Gasteiger partial charge on any atom is 0.336 e. The third kappa shape index (κ3) is 6.15. The minimum absolute atomic E-state index is 0.0478. The number of allylic oxidation sites excluding steroid dienone is 4. The number of ether oxygens (including phenoxy) is 2. The first-order valence-corrected chi connectivity index (χ1v) is 11.8. The summed E-state index contributed by atoms with van der Waals surface area (Å²) >= 11 is 0. The highest BCUT2D eigenvalue weighted by molar-refractivity contribution is 4.88. The van der Waals surface area contributed by atoms with Crippen molar-refractivity contribution < 1.29 is 9.47 Å². The van der Waals surface area contributed by atoms with Gasteiger partial charge in [0.25, 0.3) is 0 Å². The van der Waals surface area contributed by atoms with Gasteiger partial charge in [-0.25, -0.2) is 56.2 Å². The predicted octanol–water partition coefficient (Wildman–Crippen LogP) is -2.11. The Hall–Kier alpha value is -4.30. The average molecular weight is 531 g/mol. The number of hydrogen-bond acceptors (Lipinski definition) is 8. The van der Waals surface area contributed by atoms with Crippen LogP contribution in [0.15, 0.2) is 79.4 Å². The van der Waals surface area contributed by atoms with E-state index in [0.29, 0.717) is 13.2 Å². The maximum atomic E-state index is 12.3. The third-order valence-corrected chi connectivity index (χ3v) is 5.59. The van der Waals surface area contributed by atoms with E-state index < -0.39 is 34.1 Å². The van der Waals surface area contributed by atoms with Crippen molar-refractivity contribution in [3.63, 3.8) is 0 Å². The molecule has 2 aromatic rings. The zero-order valence-corrected chi connectivity index (χ0v) is 20.9. The number of rotatable bonds is 12. The second-order valence-electron chi connectivity index (χ2n) is 8.42. The van der Waals surface area contributed by atoms with E-state index in [4.69, 9.17) is 9.47 Å². The molecule has 0 radical (unpaired) electrons. The SMILES string of the molecule is C=CCn1c(=O)n(CC2CO2)c(=O)n(CC2CO2)c1=O.C=CCn1c(=O)n(CC=C)c(=O)n(CC=C)c1=O. The summed E-state index contributed by atoms with van der Waals surface area (Å²) in [6.45, 7) is 15.5. The molecule has 14 heteroatoms. The van der Waals surface area contributed by atoms with Gasteiger partial charge in [-0.1, -0.05) is 24.3 Å². The van der Waals surface area contributed by atoms with Crippen LogP contribution in [0, 0.1) is 0 Å². The quantitative estimate of drug-likeness (QED) is 0.223.